The Bertz CT molecular complexity index is 850. The van der Waals surface area contributed by atoms with Crippen molar-refractivity contribution in [3.05, 3.63) is 46.7 Å². The molecule has 1 heterocycles. The van der Waals surface area contributed by atoms with Gasteiger partial charge in [-0.1, -0.05) is 12.1 Å². The second-order valence-corrected chi connectivity index (χ2v) is 7.36. The van der Waals surface area contributed by atoms with Gasteiger partial charge in [0, 0.05) is 17.8 Å². The summed E-state index contributed by atoms with van der Waals surface area (Å²) in [7, 11) is 1.30. The third-order valence-corrected chi connectivity index (χ3v) is 4.36. The van der Waals surface area contributed by atoms with E-state index in [2.05, 4.69) is 5.32 Å². The van der Waals surface area contributed by atoms with Gasteiger partial charge >= 0.3 is 5.97 Å². The van der Waals surface area contributed by atoms with Gasteiger partial charge in [-0.2, -0.15) is 0 Å². The fraction of sp³-hybridized carbons (Fsp3) is 0.409. The highest BCUT2D eigenvalue weighted by atomic mass is 16.5. The summed E-state index contributed by atoms with van der Waals surface area (Å²) in [6, 6.07) is 6.92. The van der Waals surface area contributed by atoms with Gasteiger partial charge in [0.25, 0.3) is 11.8 Å². The predicted molar refractivity (Wildman–Crippen MR) is 110 cm³/mol. The molecule has 1 aromatic rings. The highest BCUT2D eigenvalue weighted by molar-refractivity contribution is 6.16. The Balaban J connectivity index is 2.22. The molecule has 0 spiro atoms. The third kappa shape index (κ3) is 5.25. The quantitative estimate of drug-likeness (QED) is 0.562. The van der Waals surface area contributed by atoms with Crippen LogP contribution in [0.1, 0.15) is 40.2 Å². The minimum Gasteiger partial charge on any atom is -0.484 e. The SMILES string of the molecule is COC(=O)C1=C(C)N(C(C)C)C(=O)/C1=C\c1ccc(OCC(=O)NC(C)C)cc1. The first-order chi connectivity index (χ1) is 13.6. The van der Waals surface area contributed by atoms with E-state index in [1.807, 2.05) is 27.7 Å². The molecule has 1 aliphatic heterocycles. The number of carbonyl (C=O) groups is 3. The topological polar surface area (TPSA) is 84.9 Å². The second-order valence-electron chi connectivity index (χ2n) is 7.36. The lowest BCUT2D eigenvalue weighted by molar-refractivity contribution is -0.136. The van der Waals surface area contributed by atoms with Crippen LogP contribution in [0.3, 0.4) is 0 Å². The molecule has 29 heavy (non-hydrogen) atoms. The minimum absolute atomic E-state index is 0.0509. The smallest absolute Gasteiger partial charge is 0.340 e. The lowest BCUT2D eigenvalue weighted by Gasteiger charge is -2.22. The molecule has 7 heteroatoms. The molecular formula is C22H28N2O5. The minimum atomic E-state index is -0.540. The number of nitrogens with one attached hydrogen (secondary N) is 1. The van der Waals surface area contributed by atoms with Gasteiger partial charge in [0.1, 0.15) is 5.75 Å². The Morgan fingerprint density at radius 3 is 2.28 bits per heavy atom. The van der Waals surface area contributed by atoms with E-state index in [0.717, 1.165) is 5.56 Å². The van der Waals surface area contributed by atoms with Crippen LogP contribution < -0.4 is 10.1 Å². The Kier molecular flexibility index (Phi) is 7.20. The van der Waals surface area contributed by atoms with Gasteiger partial charge in [-0.25, -0.2) is 4.79 Å². The maximum atomic E-state index is 12.9. The molecule has 0 aliphatic carbocycles. The number of methoxy groups -OCH3 is 1. The van der Waals surface area contributed by atoms with E-state index in [1.165, 1.54) is 7.11 Å². The maximum absolute atomic E-state index is 12.9. The first kappa shape index (κ1) is 22.2. The summed E-state index contributed by atoms with van der Waals surface area (Å²) >= 11 is 0. The van der Waals surface area contributed by atoms with Crippen molar-refractivity contribution in [1.82, 2.24) is 10.2 Å². The molecule has 7 nitrogen and oxygen atoms in total. The normalized spacial score (nSPS) is 15.5. The van der Waals surface area contributed by atoms with Crippen LogP contribution in [-0.4, -0.2) is 48.5 Å². The molecule has 2 rings (SSSR count). The molecule has 0 saturated carbocycles. The number of carbonyl (C=O) groups excluding carboxylic acids is 3. The van der Waals surface area contributed by atoms with Crippen molar-refractivity contribution < 1.29 is 23.9 Å². The predicted octanol–water partition coefficient (Wildman–Crippen LogP) is 2.67. The number of amides is 2. The van der Waals surface area contributed by atoms with Crippen molar-refractivity contribution in [2.75, 3.05) is 13.7 Å². The third-order valence-electron chi connectivity index (χ3n) is 4.36. The van der Waals surface area contributed by atoms with Crippen LogP contribution in [0.2, 0.25) is 0 Å². The fourth-order valence-electron chi connectivity index (χ4n) is 3.16. The molecule has 1 aromatic carbocycles. The maximum Gasteiger partial charge on any atom is 0.340 e. The molecule has 0 aromatic heterocycles. The summed E-state index contributed by atoms with van der Waals surface area (Å²) in [6.07, 6.45) is 1.66. The molecule has 1 N–H and O–H groups in total. The molecule has 0 radical (unpaired) electrons. The van der Waals surface area contributed by atoms with Crippen molar-refractivity contribution in [2.24, 2.45) is 0 Å². The number of esters is 1. The van der Waals surface area contributed by atoms with E-state index < -0.39 is 5.97 Å². The Labute approximate surface area is 171 Å². The lowest BCUT2D eigenvalue weighted by atomic mass is 10.0. The largest absolute Gasteiger partial charge is 0.484 e. The van der Waals surface area contributed by atoms with Crippen molar-refractivity contribution in [1.29, 1.82) is 0 Å². The summed E-state index contributed by atoms with van der Waals surface area (Å²) in [4.78, 5) is 38.4. The first-order valence-electron chi connectivity index (χ1n) is 9.52. The molecule has 2 amide bonds. The van der Waals surface area contributed by atoms with Crippen LogP contribution in [0.4, 0.5) is 0 Å². The van der Waals surface area contributed by atoms with Crippen LogP contribution in [0, 0.1) is 0 Å². The zero-order valence-corrected chi connectivity index (χ0v) is 17.7. The monoisotopic (exact) mass is 400 g/mol. The van der Waals surface area contributed by atoms with E-state index in [4.69, 9.17) is 9.47 Å². The van der Waals surface area contributed by atoms with E-state index >= 15 is 0 Å². The van der Waals surface area contributed by atoms with Crippen molar-refractivity contribution in [2.45, 2.75) is 46.7 Å². The summed E-state index contributed by atoms with van der Waals surface area (Å²) in [6.45, 7) is 9.20. The number of ether oxygens (including phenoxy) is 2. The molecule has 0 atom stereocenters. The van der Waals surface area contributed by atoms with Gasteiger partial charge in [0.15, 0.2) is 6.61 Å². The van der Waals surface area contributed by atoms with E-state index in [9.17, 15) is 14.4 Å². The van der Waals surface area contributed by atoms with E-state index in [1.54, 1.807) is 42.2 Å². The average Bonchev–Trinajstić information content (AvgIpc) is 2.90. The number of hydrogen-bond acceptors (Lipinski definition) is 5. The standard InChI is InChI=1S/C22H28N2O5/c1-13(2)23-19(25)12-29-17-9-7-16(8-10-17)11-18-20(22(27)28-6)15(5)24(14(3)4)21(18)26/h7-11,13-14H,12H2,1-6H3,(H,23,25)/b18-11-. The highest BCUT2D eigenvalue weighted by Crippen LogP contribution is 2.33. The van der Waals surface area contributed by atoms with Crippen molar-refractivity contribution in [3.8, 4) is 5.75 Å². The molecule has 156 valence electrons. The van der Waals surface area contributed by atoms with Crippen LogP contribution in [0.15, 0.2) is 41.1 Å². The van der Waals surface area contributed by atoms with Crippen LogP contribution in [0.5, 0.6) is 5.75 Å². The summed E-state index contributed by atoms with van der Waals surface area (Å²) in [5.74, 6) is -0.433. The van der Waals surface area contributed by atoms with Gasteiger partial charge in [0.2, 0.25) is 0 Å². The highest BCUT2D eigenvalue weighted by Gasteiger charge is 2.38. The summed E-state index contributed by atoms with van der Waals surface area (Å²) in [5.41, 5.74) is 1.89. The molecule has 0 fully saturated rings. The zero-order valence-electron chi connectivity index (χ0n) is 17.7. The van der Waals surface area contributed by atoms with Crippen LogP contribution >= 0.6 is 0 Å². The molecular weight excluding hydrogens is 372 g/mol. The van der Waals surface area contributed by atoms with Crippen LogP contribution in [0.25, 0.3) is 6.08 Å². The van der Waals surface area contributed by atoms with E-state index in [0.29, 0.717) is 17.0 Å². The average molecular weight is 400 g/mol. The number of allylic oxidation sites excluding steroid dienone is 1. The lowest BCUT2D eigenvalue weighted by Crippen LogP contribution is -2.34. The number of rotatable bonds is 7. The zero-order chi connectivity index (χ0) is 21.7. The van der Waals surface area contributed by atoms with Gasteiger partial charge in [-0.3, -0.25) is 9.59 Å². The molecule has 1 aliphatic rings. The van der Waals surface area contributed by atoms with E-state index in [-0.39, 0.29) is 36.1 Å². The second kappa shape index (κ2) is 9.41. The molecule has 0 bridgehead atoms. The number of benzene rings is 1. The summed E-state index contributed by atoms with van der Waals surface area (Å²) in [5, 5.41) is 2.75. The van der Waals surface area contributed by atoms with Gasteiger partial charge in [0.05, 0.1) is 18.3 Å². The van der Waals surface area contributed by atoms with Gasteiger partial charge in [-0.15, -0.1) is 0 Å². The Morgan fingerprint density at radius 1 is 1.14 bits per heavy atom. The molecule has 0 unspecified atom stereocenters. The first-order valence-corrected chi connectivity index (χ1v) is 9.52. The van der Waals surface area contributed by atoms with Crippen molar-refractivity contribution >= 4 is 23.9 Å². The van der Waals surface area contributed by atoms with Gasteiger partial charge in [-0.05, 0) is 58.4 Å². The Morgan fingerprint density at radius 2 is 1.76 bits per heavy atom. The summed E-state index contributed by atoms with van der Waals surface area (Å²) < 4.78 is 10.3. The Hall–Kier alpha value is -3.09. The number of hydrogen-bond donors (Lipinski definition) is 1. The van der Waals surface area contributed by atoms with Crippen LogP contribution in [-0.2, 0) is 19.1 Å². The van der Waals surface area contributed by atoms with Gasteiger partial charge < -0.3 is 19.7 Å². The molecule has 0 saturated heterocycles. The van der Waals surface area contributed by atoms with Crippen molar-refractivity contribution in [3.63, 3.8) is 0 Å². The number of nitrogens with zero attached hydrogens (tertiary/aromatic N) is 1. The fourth-order valence-corrected chi connectivity index (χ4v) is 3.16.